The van der Waals surface area contributed by atoms with Crippen LogP contribution >= 0.6 is 0 Å². The summed E-state index contributed by atoms with van der Waals surface area (Å²) >= 11 is 0. The number of rotatable bonds is 5. The van der Waals surface area contributed by atoms with Crippen LogP contribution in [0.5, 0.6) is 0 Å². The molecule has 2 saturated carbocycles. The van der Waals surface area contributed by atoms with Crippen molar-refractivity contribution < 1.29 is 0 Å². The van der Waals surface area contributed by atoms with Gasteiger partial charge in [-0.3, -0.25) is 0 Å². The minimum atomic E-state index is 0.841. The molecule has 0 heterocycles. The lowest BCUT2D eigenvalue weighted by atomic mass is 9.68. The molecule has 0 nitrogen and oxygen atoms in total. The van der Waals surface area contributed by atoms with Crippen molar-refractivity contribution in [3.63, 3.8) is 0 Å². The Morgan fingerprint density at radius 3 is 1.83 bits per heavy atom. The molecular weight excluding hydrogens is 276 g/mol. The highest BCUT2D eigenvalue weighted by molar-refractivity contribution is 5.25. The van der Waals surface area contributed by atoms with Crippen molar-refractivity contribution in [2.24, 2.45) is 17.8 Å². The van der Waals surface area contributed by atoms with E-state index >= 15 is 0 Å². The van der Waals surface area contributed by atoms with Crippen molar-refractivity contribution in [2.45, 2.75) is 90.4 Å². The maximum absolute atomic E-state index is 2.40. The van der Waals surface area contributed by atoms with Crippen molar-refractivity contribution >= 4 is 0 Å². The number of hydrogen-bond donors (Lipinski definition) is 0. The number of hydrogen-bond acceptors (Lipinski definition) is 0. The summed E-state index contributed by atoms with van der Waals surface area (Å²) in [6, 6.07) is 9.49. The molecule has 0 radical (unpaired) electrons. The van der Waals surface area contributed by atoms with E-state index in [1.807, 2.05) is 0 Å². The zero-order valence-corrected chi connectivity index (χ0v) is 15.4. The fourth-order valence-corrected chi connectivity index (χ4v) is 5.31. The number of benzene rings is 1. The van der Waals surface area contributed by atoms with Crippen molar-refractivity contribution in [3.8, 4) is 0 Å². The third-order valence-corrected chi connectivity index (χ3v) is 6.89. The lowest BCUT2D eigenvalue weighted by Gasteiger charge is -2.38. The van der Waals surface area contributed by atoms with Gasteiger partial charge in [0, 0.05) is 0 Å². The van der Waals surface area contributed by atoms with E-state index in [1.54, 1.807) is 5.56 Å². The van der Waals surface area contributed by atoms with Gasteiger partial charge in [-0.05, 0) is 79.7 Å². The van der Waals surface area contributed by atoms with Crippen LogP contribution in [-0.2, 0) is 6.42 Å². The zero-order valence-electron chi connectivity index (χ0n) is 15.4. The van der Waals surface area contributed by atoms with E-state index < -0.39 is 0 Å². The molecule has 0 saturated heterocycles. The topological polar surface area (TPSA) is 0 Å². The van der Waals surface area contributed by atoms with Crippen LogP contribution in [-0.4, -0.2) is 0 Å². The Hall–Kier alpha value is -0.780. The lowest BCUT2D eigenvalue weighted by Crippen LogP contribution is -2.25. The Morgan fingerprint density at radius 2 is 1.30 bits per heavy atom. The molecular formula is C23H36. The van der Waals surface area contributed by atoms with Crippen LogP contribution in [0.2, 0.25) is 0 Å². The highest BCUT2D eigenvalue weighted by Gasteiger charge is 2.30. The van der Waals surface area contributed by atoms with Crippen LogP contribution in [0.1, 0.15) is 95.1 Å². The van der Waals surface area contributed by atoms with Gasteiger partial charge in [-0.2, -0.15) is 0 Å². The maximum Gasteiger partial charge on any atom is -0.0162 e. The minimum Gasteiger partial charge on any atom is -0.0654 e. The van der Waals surface area contributed by atoms with Gasteiger partial charge in [0.2, 0.25) is 0 Å². The van der Waals surface area contributed by atoms with Crippen LogP contribution in [0.15, 0.2) is 24.3 Å². The van der Waals surface area contributed by atoms with E-state index in [1.165, 1.54) is 69.8 Å². The first-order chi connectivity index (χ1) is 11.3. The molecule has 0 unspecified atom stereocenters. The molecule has 0 spiro atoms. The molecule has 23 heavy (non-hydrogen) atoms. The third kappa shape index (κ3) is 4.40. The van der Waals surface area contributed by atoms with Crippen LogP contribution < -0.4 is 0 Å². The summed E-state index contributed by atoms with van der Waals surface area (Å²) in [5.74, 6) is 4.01. The largest absolute Gasteiger partial charge is 0.0654 e. The Balaban J connectivity index is 1.46. The first-order valence-corrected chi connectivity index (χ1v) is 10.4. The average Bonchev–Trinajstić information content (AvgIpc) is 2.63. The Labute approximate surface area is 144 Å². The SMILES string of the molecule is CCCC1CCC([C@H]2CC[C@H](c3ccc(CC)cc3)CC2)CC1. The summed E-state index contributed by atoms with van der Waals surface area (Å²) in [6.07, 6.45) is 16.0. The van der Waals surface area contributed by atoms with Crippen molar-refractivity contribution in [2.75, 3.05) is 0 Å². The predicted molar refractivity (Wildman–Crippen MR) is 101 cm³/mol. The van der Waals surface area contributed by atoms with Gasteiger partial charge in [0.25, 0.3) is 0 Å². The Bertz CT molecular complexity index is 441. The van der Waals surface area contributed by atoms with E-state index in [-0.39, 0.29) is 0 Å². The Kier molecular flexibility index (Phi) is 6.20. The highest BCUT2D eigenvalue weighted by atomic mass is 14.4. The molecule has 2 fully saturated rings. The van der Waals surface area contributed by atoms with E-state index in [2.05, 4.69) is 38.1 Å². The van der Waals surface area contributed by atoms with Gasteiger partial charge >= 0.3 is 0 Å². The molecule has 2 aliphatic rings. The second-order valence-corrected chi connectivity index (χ2v) is 8.28. The Morgan fingerprint density at radius 1 is 0.739 bits per heavy atom. The standard InChI is InChI=1S/C23H36/c1-3-5-19-8-12-21(13-9-19)23-16-14-22(15-17-23)20-10-6-18(4-2)7-11-20/h6-7,10-11,19,21-23H,3-5,8-9,12-17H2,1-2H3/t19?,21?,22-,23-. The van der Waals surface area contributed by atoms with Gasteiger partial charge in [-0.25, -0.2) is 0 Å². The smallest absolute Gasteiger partial charge is 0.0162 e. The van der Waals surface area contributed by atoms with Crippen molar-refractivity contribution in [1.82, 2.24) is 0 Å². The van der Waals surface area contributed by atoms with Gasteiger partial charge in [0.15, 0.2) is 0 Å². The maximum atomic E-state index is 2.40. The molecule has 128 valence electrons. The molecule has 1 aromatic carbocycles. The normalized spacial score (nSPS) is 31.9. The van der Waals surface area contributed by atoms with E-state index in [9.17, 15) is 0 Å². The van der Waals surface area contributed by atoms with Crippen LogP contribution in [0.3, 0.4) is 0 Å². The molecule has 0 amide bonds. The fraction of sp³-hybridized carbons (Fsp3) is 0.739. The van der Waals surface area contributed by atoms with Crippen LogP contribution in [0, 0.1) is 17.8 Å². The van der Waals surface area contributed by atoms with E-state index in [0.29, 0.717) is 0 Å². The summed E-state index contributed by atoms with van der Waals surface area (Å²) in [7, 11) is 0. The van der Waals surface area contributed by atoms with E-state index in [0.717, 1.165) is 30.1 Å². The summed E-state index contributed by atoms with van der Waals surface area (Å²) in [6.45, 7) is 4.59. The van der Waals surface area contributed by atoms with Gasteiger partial charge in [0.05, 0.1) is 0 Å². The molecule has 3 rings (SSSR count). The molecule has 0 aliphatic heterocycles. The third-order valence-electron chi connectivity index (χ3n) is 6.89. The molecule has 2 aliphatic carbocycles. The van der Waals surface area contributed by atoms with Gasteiger partial charge in [-0.1, -0.05) is 63.8 Å². The number of aryl methyl sites for hydroxylation is 1. The van der Waals surface area contributed by atoms with Crippen molar-refractivity contribution in [3.05, 3.63) is 35.4 Å². The highest BCUT2D eigenvalue weighted by Crippen LogP contribution is 2.44. The summed E-state index contributed by atoms with van der Waals surface area (Å²) in [4.78, 5) is 0. The van der Waals surface area contributed by atoms with Gasteiger partial charge < -0.3 is 0 Å². The van der Waals surface area contributed by atoms with Crippen molar-refractivity contribution in [1.29, 1.82) is 0 Å². The average molecular weight is 313 g/mol. The zero-order chi connectivity index (χ0) is 16.1. The fourth-order valence-electron chi connectivity index (χ4n) is 5.31. The molecule has 0 bridgehead atoms. The molecule has 0 atom stereocenters. The molecule has 0 N–H and O–H groups in total. The summed E-state index contributed by atoms with van der Waals surface area (Å²) < 4.78 is 0. The monoisotopic (exact) mass is 312 g/mol. The van der Waals surface area contributed by atoms with Gasteiger partial charge in [-0.15, -0.1) is 0 Å². The van der Waals surface area contributed by atoms with Crippen LogP contribution in [0.4, 0.5) is 0 Å². The minimum absolute atomic E-state index is 0.841. The first kappa shape index (κ1) is 17.1. The second kappa shape index (κ2) is 8.36. The lowest BCUT2D eigenvalue weighted by molar-refractivity contribution is 0.156. The quantitative estimate of drug-likeness (QED) is 0.542. The molecule has 1 aromatic rings. The molecule has 0 heteroatoms. The summed E-state index contributed by atoms with van der Waals surface area (Å²) in [5, 5.41) is 0. The molecule has 0 aromatic heterocycles. The predicted octanol–water partition coefficient (Wildman–Crippen LogP) is 7.13. The van der Waals surface area contributed by atoms with Gasteiger partial charge in [0.1, 0.15) is 0 Å². The van der Waals surface area contributed by atoms with E-state index in [4.69, 9.17) is 0 Å². The van der Waals surface area contributed by atoms with Crippen LogP contribution in [0.25, 0.3) is 0 Å². The summed E-state index contributed by atoms with van der Waals surface area (Å²) in [5.41, 5.74) is 3.08. The second-order valence-electron chi connectivity index (χ2n) is 8.28. The first-order valence-electron chi connectivity index (χ1n) is 10.4.